The number of anilines is 1. The lowest BCUT2D eigenvalue weighted by atomic mass is 10.1. The molecule has 1 N–H and O–H groups in total. The molecule has 1 aliphatic heterocycles. The van der Waals surface area contributed by atoms with Crippen LogP contribution in [0.1, 0.15) is 47.0 Å². The number of likely N-dealkylation sites (tertiary alicyclic amines) is 1. The van der Waals surface area contributed by atoms with Crippen LogP contribution in [0.15, 0.2) is 41.8 Å². The summed E-state index contributed by atoms with van der Waals surface area (Å²) in [7, 11) is 0. The summed E-state index contributed by atoms with van der Waals surface area (Å²) in [6.07, 6.45) is 4.05. The van der Waals surface area contributed by atoms with E-state index in [1.54, 1.807) is 11.3 Å². The quantitative estimate of drug-likeness (QED) is 0.912. The minimum Gasteiger partial charge on any atom is -0.331 e. The van der Waals surface area contributed by atoms with Crippen molar-refractivity contribution >= 4 is 28.8 Å². The molecule has 1 aromatic heterocycles. The molecule has 1 aliphatic carbocycles. The van der Waals surface area contributed by atoms with Gasteiger partial charge in [-0.1, -0.05) is 6.07 Å². The maximum atomic E-state index is 12.8. The van der Waals surface area contributed by atoms with Crippen LogP contribution < -0.4 is 5.32 Å². The highest BCUT2D eigenvalue weighted by molar-refractivity contribution is 7.10. The second-order valence-corrected chi connectivity index (χ2v) is 7.49. The standard InChI is InChI=1S/C19H20N2O2S/c22-18(13-5-6-13)20-15-9-7-14(8-10-15)19(23)21-11-1-3-16(21)17-4-2-12-24-17/h2,4,7-10,12-13,16H,1,3,5-6,11H2,(H,20,22). The van der Waals surface area contributed by atoms with Crippen LogP contribution in [-0.2, 0) is 4.79 Å². The third kappa shape index (κ3) is 3.08. The number of carbonyl (C=O) groups is 2. The summed E-state index contributed by atoms with van der Waals surface area (Å²) in [5.74, 6) is 0.347. The van der Waals surface area contributed by atoms with Gasteiger partial charge in [0.2, 0.25) is 5.91 Å². The van der Waals surface area contributed by atoms with Gasteiger partial charge in [-0.15, -0.1) is 11.3 Å². The Hall–Kier alpha value is -2.14. The lowest BCUT2D eigenvalue weighted by Crippen LogP contribution is -2.30. The van der Waals surface area contributed by atoms with E-state index in [1.165, 1.54) is 4.88 Å². The molecule has 0 spiro atoms. The Labute approximate surface area is 145 Å². The van der Waals surface area contributed by atoms with Crippen LogP contribution in [0.2, 0.25) is 0 Å². The van der Waals surface area contributed by atoms with Crippen molar-refractivity contribution < 1.29 is 9.59 Å². The van der Waals surface area contributed by atoms with E-state index < -0.39 is 0 Å². The van der Waals surface area contributed by atoms with Crippen LogP contribution >= 0.6 is 11.3 Å². The van der Waals surface area contributed by atoms with Gasteiger partial charge in [0.25, 0.3) is 5.91 Å². The minimum atomic E-state index is 0.0750. The summed E-state index contributed by atoms with van der Waals surface area (Å²) in [6, 6.07) is 11.6. The molecule has 1 saturated carbocycles. The van der Waals surface area contributed by atoms with Crippen molar-refractivity contribution in [2.45, 2.75) is 31.7 Å². The zero-order chi connectivity index (χ0) is 16.5. The second-order valence-electron chi connectivity index (χ2n) is 6.51. The van der Waals surface area contributed by atoms with Crippen LogP contribution in [0, 0.1) is 5.92 Å². The normalized spacial score (nSPS) is 20.2. The Kier molecular flexibility index (Phi) is 4.10. The molecule has 2 heterocycles. The fourth-order valence-corrected chi connectivity index (χ4v) is 4.11. The Morgan fingerprint density at radius 1 is 1.08 bits per heavy atom. The Balaban J connectivity index is 1.46. The van der Waals surface area contributed by atoms with Crippen LogP contribution in [0.3, 0.4) is 0 Å². The predicted octanol–water partition coefficient (Wildman–Crippen LogP) is 4.07. The van der Waals surface area contributed by atoms with E-state index >= 15 is 0 Å². The van der Waals surface area contributed by atoms with Gasteiger partial charge in [-0.25, -0.2) is 0 Å². The molecular formula is C19H20N2O2S. The molecule has 4 rings (SSSR count). The number of hydrogen-bond acceptors (Lipinski definition) is 3. The number of nitrogens with one attached hydrogen (secondary N) is 1. The van der Waals surface area contributed by atoms with Gasteiger partial charge in [-0.2, -0.15) is 0 Å². The highest BCUT2D eigenvalue weighted by atomic mass is 32.1. The van der Waals surface area contributed by atoms with Gasteiger partial charge in [0.1, 0.15) is 0 Å². The van der Waals surface area contributed by atoms with Crippen molar-refractivity contribution in [3.8, 4) is 0 Å². The summed E-state index contributed by atoms with van der Waals surface area (Å²) in [4.78, 5) is 27.9. The van der Waals surface area contributed by atoms with E-state index in [9.17, 15) is 9.59 Å². The Morgan fingerprint density at radius 3 is 2.54 bits per heavy atom. The van der Waals surface area contributed by atoms with E-state index in [1.807, 2.05) is 35.2 Å². The fourth-order valence-electron chi connectivity index (χ4n) is 3.24. The average molecular weight is 340 g/mol. The molecule has 2 amide bonds. The molecule has 0 bridgehead atoms. The van der Waals surface area contributed by atoms with Crippen LogP contribution in [0.4, 0.5) is 5.69 Å². The first kappa shape index (κ1) is 15.4. The van der Waals surface area contributed by atoms with Crippen molar-refractivity contribution in [2.24, 2.45) is 5.92 Å². The smallest absolute Gasteiger partial charge is 0.254 e. The minimum absolute atomic E-state index is 0.0750. The monoisotopic (exact) mass is 340 g/mol. The van der Waals surface area contributed by atoms with Gasteiger partial charge in [-0.3, -0.25) is 9.59 Å². The largest absolute Gasteiger partial charge is 0.331 e. The van der Waals surface area contributed by atoms with E-state index in [0.29, 0.717) is 5.56 Å². The lowest BCUT2D eigenvalue weighted by molar-refractivity contribution is -0.117. The van der Waals surface area contributed by atoms with Crippen molar-refractivity contribution in [1.82, 2.24) is 4.90 Å². The molecule has 2 fully saturated rings. The maximum absolute atomic E-state index is 12.8. The number of nitrogens with zero attached hydrogens (tertiary/aromatic N) is 1. The van der Waals surface area contributed by atoms with Crippen LogP contribution in [-0.4, -0.2) is 23.3 Å². The first-order valence-electron chi connectivity index (χ1n) is 8.47. The van der Waals surface area contributed by atoms with E-state index in [-0.39, 0.29) is 23.8 Å². The summed E-state index contributed by atoms with van der Waals surface area (Å²) < 4.78 is 0. The molecule has 0 radical (unpaired) electrons. The summed E-state index contributed by atoms with van der Waals surface area (Å²) in [6.45, 7) is 0.807. The van der Waals surface area contributed by atoms with E-state index in [4.69, 9.17) is 0 Å². The van der Waals surface area contributed by atoms with Gasteiger partial charge in [0, 0.05) is 28.6 Å². The topological polar surface area (TPSA) is 49.4 Å². The van der Waals surface area contributed by atoms with Gasteiger partial charge < -0.3 is 10.2 Å². The molecule has 2 aromatic rings. The zero-order valence-electron chi connectivity index (χ0n) is 13.4. The SMILES string of the molecule is O=C(Nc1ccc(C(=O)N2CCCC2c2cccs2)cc1)C1CC1. The number of hydrogen-bond donors (Lipinski definition) is 1. The lowest BCUT2D eigenvalue weighted by Gasteiger charge is -2.24. The van der Waals surface area contributed by atoms with E-state index in [2.05, 4.69) is 16.8 Å². The van der Waals surface area contributed by atoms with Crippen molar-refractivity contribution in [1.29, 1.82) is 0 Å². The first-order valence-corrected chi connectivity index (χ1v) is 9.35. The number of benzene rings is 1. The summed E-state index contributed by atoms with van der Waals surface area (Å²) in [5.41, 5.74) is 1.45. The van der Waals surface area contributed by atoms with Crippen LogP contribution in [0.5, 0.6) is 0 Å². The molecule has 4 nitrogen and oxygen atoms in total. The van der Waals surface area contributed by atoms with Gasteiger partial charge in [0.05, 0.1) is 6.04 Å². The molecule has 1 atom stereocenters. The van der Waals surface area contributed by atoms with Gasteiger partial charge >= 0.3 is 0 Å². The highest BCUT2D eigenvalue weighted by Crippen LogP contribution is 2.35. The number of amides is 2. The van der Waals surface area contributed by atoms with Crippen molar-refractivity contribution in [3.05, 3.63) is 52.2 Å². The molecule has 24 heavy (non-hydrogen) atoms. The molecule has 1 unspecified atom stereocenters. The molecule has 2 aliphatic rings. The molecule has 5 heteroatoms. The maximum Gasteiger partial charge on any atom is 0.254 e. The third-order valence-electron chi connectivity index (χ3n) is 4.73. The summed E-state index contributed by atoms with van der Waals surface area (Å²) >= 11 is 1.71. The van der Waals surface area contributed by atoms with E-state index in [0.717, 1.165) is 37.9 Å². The second kappa shape index (κ2) is 6.40. The van der Waals surface area contributed by atoms with Gasteiger partial charge in [0.15, 0.2) is 0 Å². The number of carbonyl (C=O) groups excluding carboxylic acids is 2. The predicted molar refractivity (Wildman–Crippen MR) is 95.1 cm³/mol. The van der Waals surface area contributed by atoms with Gasteiger partial charge in [-0.05, 0) is 61.4 Å². The molecular weight excluding hydrogens is 320 g/mol. The third-order valence-corrected chi connectivity index (χ3v) is 5.71. The fraction of sp³-hybridized carbons (Fsp3) is 0.368. The Bertz CT molecular complexity index is 735. The number of thiophene rings is 1. The number of rotatable bonds is 4. The highest BCUT2D eigenvalue weighted by Gasteiger charge is 2.31. The van der Waals surface area contributed by atoms with Crippen molar-refractivity contribution in [3.63, 3.8) is 0 Å². The van der Waals surface area contributed by atoms with Crippen molar-refractivity contribution in [2.75, 3.05) is 11.9 Å². The zero-order valence-corrected chi connectivity index (χ0v) is 14.2. The summed E-state index contributed by atoms with van der Waals surface area (Å²) in [5, 5.41) is 4.97. The first-order chi connectivity index (χ1) is 11.7. The molecule has 1 saturated heterocycles. The molecule has 1 aromatic carbocycles. The molecule has 124 valence electrons. The Morgan fingerprint density at radius 2 is 1.88 bits per heavy atom. The van der Waals surface area contributed by atoms with Crippen LogP contribution in [0.25, 0.3) is 0 Å². The average Bonchev–Trinajstić information content (AvgIpc) is 3.10.